The molecule has 2 bridgehead atoms. The van der Waals surface area contributed by atoms with Gasteiger partial charge in [0.25, 0.3) is 5.91 Å². The lowest BCUT2D eigenvalue weighted by Gasteiger charge is -2.46. The maximum atomic E-state index is 14.4. The predicted molar refractivity (Wildman–Crippen MR) is 195 cm³/mol. The Labute approximate surface area is 300 Å². The predicted octanol–water partition coefficient (Wildman–Crippen LogP) is 6.45. The van der Waals surface area contributed by atoms with Crippen molar-refractivity contribution in [1.82, 2.24) is 10.0 Å². The molecule has 2 fully saturated rings. The molecule has 3 amide bonds. The monoisotopic (exact) mass is 724 g/mol. The van der Waals surface area contributed by atoms with E-state index in [1.54, 1.807) is 20.3 Å². The number of ether oxygens (including phenoxy) is 3. The molecule has 3 aliphatic carbocycles. The number of hydrogen-bond donors (Lipinski definition) is 2. The van der Waals surface area contributed by atoms with Crippen molar-refractivity contribution in [2.75, 3.05) is 44.6 Å². The van der Waals surface area contributed by atoms with E-state index in [-0.39, 0.29) is 35.3 Å². The zero-order valence-electron chi connectivity index (χ0n) is 29.2. The molecule has 2 aromatic rings. The van der Waals surface area contributed by atoms with Crippen molar-refractivity contribution < 1.29 is 28.0 Å². The van der Waals surface area contributed by atoms with E-state index in [9.17, 15) is 13.8 Å². The number of benzene rings is 2. The van der Waals surface area contributed by atoms with E-state index in [0.717, 1.165) is 55.9 Å². The Kier molecular flexibility index (Phi) is 10.2. The first-order chi connectivity index (χ1) is 24.1. The third-order valence-electron chi connectivity index (χ3n) is 11.5. The summed E-state index contributed by atoms with van der Waals surface area (Å²) in [6, 6.07) is 10.9. The summed E-state index contributed by atoms with van der Waals surface area (Å²) in [7, 11) is -0.0663. The van der Waals surface area contributed by atoms with Gasteiger partial charge in [-0.1, -0.05) is 36.7 Å². The maximum Gasteiger partial charge on any atom is 0.327 e. The second-order valence-electron chi connectivity index (χ2n) is 15.1. The lowest BCUT2D eigenvalue weighted by molar-refractivity contribution is 0.0131. The number of carbonyl (C=O) groups excluding carboxylic acids is 2. The minimum Gasteiger partial charge on any atom is -0.490 e. The lowest BCUT2D eigenvalue weighted by atomic mass is 9.68. The number of allylic oxidation sites excluding steroid dienone is 1. The minimum atomic E-state index is -3.48. The fourth-order valence-electron chi connectivity index (χ4n) is 8.60. The molecule has 0 unspecified atom stereocenters. The van der Waals surface area contributed by atoms with Crippen LogP contribution in [0.2, 0.25) is 5.02 Å². The van der Waals surface area contributed by atoms with Crippen LogP contribution in [0.4, 0.5) is 10.5 Å². The summed E-state index contributed by atoms with van der Waals surface area (Å²) in [6.45, 7) is 3.98. The second-order valence-corrected chi connectivity index (χ2v) is 17.5. The van der Waals surface area contributed by atoms with Crippen molar-refractivity contribution in [2.24, 2.45) is 22.1 Å². The number of rotatable bonds is 4. The summed E-state index contributed by atoms with van der Waals surface area (Å²) >= 11 is 6.45. The van der Waals surface area contributed by atoms with Gasteiger partial charge < -0.3 is 24.4 Å². The highest BCUT2D eigenvalue weighted by atomic mass is 35.5. The molecule has 0 saturated heterocycles. The van der Waals surface area contributed by atoms with E-state index in [4.69, 9.17) is 25.8 Å². The highest BCUT2D eigenvalue weighted by Gasteiger charge is 2.44. The molecule has 2 saturated carbocycles. The highest BCUT2D eigenvalue weighted by molar-refractivity contribution is 7.92. The SMILES string of the molecule is CO[C@H]1/C=C/C[C@H](C)C[S@@](=O)(NC(=O)N[C@H]2C[C@@H](OC)C2)=NC(=O)c2ccc3c(c2)N(C[C@@H]2CC[C@H]21)C[C@@]1(CCCc2cc(Cl)ccc21)CO3. The Morgan fingerprint density at radius 2 is 1.98 bits per heavy atom. The average Bonchev–Trinajstić information content (AvgIpc) is 3.20. The molecule has 12 heteroatoms. The first-order valence-corrected chi connectivity index (χ1v) is 20.0. The lowest BCUT2D eigenvalue weighted by Crippen LogP contribution is -2.52. The third kappa shape index (κ3) is 7.29. The van der Waals surface area contributed by atoms with Crippen molar-refractivity contribution in [1.29, 1.82) is 0 Å². The molecule has 2 N–H and O–H groups in total. The molecule has 270 valence electrons. The number of fused-ring (bicyclic) bond motifs is 4. The number of amides is 3. The van der Waals surface area contributed by atoms with Gasteiger partial charge in [0.2, 0.25) is 0 Å². The number of carbonyl (C=O) groups is 2. The normalized spacial score (nSPS) is 34.4. The van der Waals surface area contributed by atoms with Crippen LogP contribution in [-0.2, 0) is 31.2 Å². The van der Waals surface area contributed by atoms with Crippen LogP contribution in [-0.4, -0.2) is 74.1 Å². The van der Waals surface area contributed by atoms with E-state index >= 15 is 0 Å². The summed E-state index contributed by atoms with van der Waals surface area (Å²) in [5.74, 6) is 0.721. The fourth-order valence-corrected chi connectivity index (χ4v) is 10.6. The molecular weight excluding hydrogens is 676 g/mol. The van der Waals surface area contributed by atoms with Crippen molar-refractivity contribution in [3.63, 3.8) is 0 Å². The molecular formula is C38H49ClN4O6S. The molecule has 1 spiro atoms. The summed E-state index contributed by atoms with van der Waals surface area (Å²) in [5, 5.41) is 3.61. The van der Waals surface area contributed by atoms with E-state index < -0.39 is 21.9 Å². The van der Waals surface area contributed by atoms with Gasteiger partial charge in [-0.25, -0.2) is 9.00 Å². The van der Waals surface area contributed by atoms with Crippen molar-refractivity contribution in [3.8, 4) is 5.75 Å². The Hall–Kier alpha value is -3.12. The molecule has 6 atom stereocenters. The summed E-state index contributed by atoms with van der Waals surface area (Å²) in [4.78, 5) is 29.4. The van der Waals surface area contributed by atoms with Gasteiger partial charge in [-0.15, -0.1) is 4.36 Å². The van der Waals surface area contributed by atoms with Crippen LogP contribution in [0.3, 0.4) is 0 Å². The van der Waals surface area contributed by atoms with Crippen molar-refractivity contribution in [2.45, 2.75) is 82.0 Å². The zero-order valence-corrected chi connectivity index (χ0v) is 30.8. The molecule has 2 aromatic carbocycles. The molecule has 10 nitrogen and oxygen atoms in total. The van der Waals surface area contributed by atoms with Crippen molar-refractivity contribution >= 4 is 39.1 Å². The minimum absolute atomic E-state index is 0.0255. The van der Waals surface area contributed by atoms with Crippen LogP contribution < -0.4 is 19.7 Å². The Morgan fingerprint density at radius 3 is 2.74 bits per heavy atom. The van der Waals surface area contributed by atoms with Crippen LogP contribution >= 0.6 is 11.6 Å². The number of halogens is 1. The number of urea groups is 1. The highest BCUT2D eigenvalue weighted by Crippen LogP contribution is 2.47. The topological polar surface area (TPSA) is 119 Å². The van der Waals surface area contributed by atoms with Gasteiger partial charge in [-0.3, -0.25) is 9.52 Å². The van der Waals surface area contributed by atoms with E-state index in [2.05, 4.69) is 43.6 Å². The summed E-state index contributed by atoms with van der Waals surface area (Å²) < 4.78 is 39.3. The van der Waals surface area contributed by atoms with Gasteiger partial charge in [0, 0.05) is 49.4 Å². The number of hydrogen-bond acceptors (Lipinski definition) is 7. The van der Waals surface area contributed by atoms with E-state index in [0.29, 0.717) is 49.0 Å². The van der Waals surface area contributed by atoms with Crippen LogP contribution in [0.15, 0.2) is 52.9 Å². The third-order valence-corrected chi connectivity index (χ3v) is 13.8. The Morgan fingerprint density at radius 1 is 1.14 bits per heavy atom. The van der Waals surface area contributed by atoms with Crippen LogP contribution in [0.5, 0.6) is 5.75 Å². The van der Waals surface area contributed by atoms with Gasteiger partial charge in [0.1, 0.15) is 15.7 Å². The van der Waals surface area contributed by atoms with Crippen molar-refractivity contribution in [3.05, 3.63) is 70.3 Å². The summed E-state index contributed by atoms with van der Waals surface area (Å²) in [5.41, 5.74) is 3.43. The number of anilines is 1. The van der Waals surface area contributed by atoms with Gasteiger partial charge in [0.15, 0.2) is 0 Å². The smallest absolute Gasteiger partial charge is 0.327 e. The number of aryl methyl sites for hydroxylation is 1. The van der Waals surface area contributed by atoms with Gasteiger partial charge in [-0.2, -0.15) is 0 Å². The van der Waals surface area contributed by atoms with Crippen LogP contribution in [0.25, 0.3) is 0 Å². The van der Waals surface area contributed by atoms with Crippen LogP contribution in [0.1, 0.15) is 73.4 Å². The average molecular weight is 725 g/mol. The first-order valence-electron chi connectivity index (χ1n) is 18.0. The second kappa shape index (κ2) is 14.5. The van der Waals surface area contributed by atoms with Gasteiger partial charge in [0.05, 0.1) is 30.3 Å². The van der Waals surface area contributed by atoms with E-state index in [1.165, 1.54) is 11.1 Å². The summed E-state index contributed by atoms with van der Waals surface area (Å²) in [6.07, 6.45) is 11.4. The standard InChI is InChI=1S/C38H49ClN4O6S/c1-24-6-4-8-34(48-3)31-12-9-27(31)20-43-22-38(15-5-7-25-16-28(39)11-13-32(25)38)23-49-35-14-10-26(17-33(35)43)36(44)41-50(46,21-24)42-37(45)40-29-18-30(19-29)47-2/h4,8,10-11,13-14,16-17,24,27,29-31,34H,5-7,9,12,15,18-23H2,1-3H3,(H2,40,41,42,44,45,46)/b8-4+/t24-,27-,29-,30+,31+,34-,38-,50-/m0/s1. The fraction of sp³-hybridized carbons (Fsp3) is 0.579. The Balaban J connectivity index is 1.26. The van der Waals surface area contributed by atoms with Gasteiger partial charge >= 0.3 is 6.03 Å². The number of nitrogens with one attached hydrogen (secondary N) is 2. The molecule has 2 aliphatic heterocycles. The molecule has 7 rings (SSSR count). The van der Waals surface area contributed by atoms with Gasteiger partial charge in [-0.05, 0) is 111 Å². The quantitative estimate of drug-likeness (QED) is 0.348. The maximum absolute atomic E-state index is 14.4. The number of methoxy groups -OCH3 is 2. The molecule has 5 aliphatic rings. The molecule has 0 aromatic heterocycles. The Bertz CT molecular complexity index is 1770. The van der Waals surface area contributed by atoms with Crippen LogP contribution in [0, 0.1) is 17.8 Å². The molecule has 2 heterocycles. The largest absolute Gasteiger partial charge is 0.490 e. The zero-order chi connectivity index (χ0) is 35.0. The number of nitrogens with zero attached hydrogens (tertiary/aromatic N) is 2. The molecule has 0 radical (unpaired) electrons. The molecule has 50 heavy (non-hydrogen) atoms. The first kappa shape index (κ1) is 35.3. The van der Waals surface area contributed by atoms with E-state index in [1.807, 2.05) is 25.1 Å².